The van der Waals surface area contributed by atoms with E-state index >= 15 is 0 Å². The van der Waals surface area contributed by atoms with Crippen LogP contribution >= 0.6 is 0 Å². The Bertz CT molecular complexity index is 1440. The van der Waals surface area contributed by atoms with Crippen LogP contribution in [0.4, 0.5) is 5.69 Å². The van der Waals surface area contributed by atoms with Gasteiger partial charge in [0.2, 0.25) is 11.8 Å². The number of nitrogens with zero attached hydrogens (tertiary/aromatic N) is 2. The minimum atomic E-state index is -4.12. The third-order valence-electron chi connectivity index (χ3n) is 6.73. The topological polar surface area (TPSA) is 96.0 Å². The molecular formula is C31H39N3O5S. The fourth-order valence-electron chi connectivity index (χ4n) is 4.62. The molecule has 0 bridgehead atoms. The lowest BCUT2D eigenvalue weighted by Crippen LogP contribution is -2.52. The first kappa shape index (κ1) is 30.7. The van der Waals surface area contributed by atoms with Gasteiger partial charge < -0.3 is 15.0 Å². The number of hydrogen-bond donors (Lipinski definition) is 1. The van der Waals surface area contributed by atoms with Gasteiger partial charge >= 0.3 is 0 Å². The zero-order chi connectivity index (χ0) is 29.4. The predicted molar refractivity (Wildman–Crippen MR) is 158 cm³/mol. The van der Waals surface area contributed by atoms with Crippen LogP contribution in [-0.2, 0) is 26.2 Å². The number of anilines is 1. The maximum atomic E-state index is 14.1. The van der Waals surface area contributed by atoms with Crippen molar-refractivity contribution in [1.82, 2.24) is 10.2 Å². The molecule has 0 radical (unpaired) electrons. The monoisotopic (exact) mass is 565 g/mol. The lowest BCUT2D eigenvalue weighted by atomic mass is 10.1. The summed E-state index contributed by atoms with van der Waals surface area (Å²) in [5.74, 6) is -0.160. The number of hydrogen-bond acceptors (Lipinski definition) is 5. The van der Waals surface area contributed by atoms with Crippen LogP contribution in [0.1, 0.15) is 42.5 Å². The summed E-state index contributed by atoms with van der Waals surface area (Å²) in [6.45, 7) is 9.32. The van der Waals surface area contributed by atoms with Gasteiger partial charge in [-0.25, -0.2) is 8.42 Å². The van der Waals surface area contributed by atoms with Gasteiger partial charge in [0.25, 0.3) is 10.0 Å². The first-order valence-corrected chi connectivity index (χ1v) is 14.8. The number of carbonyl (C=O) groups excluding carboxylic acids is 2. The third kappa shape index (κ3) is 7.21. The molecule has 1 atom stereocenters. The molecule has 2 amide bonds. The predicted octanol–water partition coefficient (Wildman–Crippen LogP) is 4.76. The maximum absolute atomic E-state index is 14.1. The summed E-state index contributed by atoms with van der Waals surface area (Å²) >= 11 is 0. The number of amides is 2. The van der Waals surface area contributed by atoms with Gasteiger partial charge in [0.15, 0.2) is 0 Å². The average molecular weight is 566 g/mol. The van der Waals surface area contributed by atoms with E-state index in [4.69, 9.17) is 4.74 Å². The van der Waals surface area contributed by atoms with Crippen LogP contribution in [0.5, 0.6) is 5.75 Å². The molecule has 0 fully saturated rings. The molecule has 3 rings (SSSR count). The highest BCUT2D eigenvalue weighted by Gasteiger charge is 2.34. The molecule has 0 saturated heterocycles. The van der Waals surface area contributed by atoms with Crippen molar-refractivity contribution in [1.29, 1.82) is 0 Å². The van der Waals surface area contributed by atoms with E-state index in [0.717, 1.165) is 26.6 Å². The van der Waals surface area contributed by atoms with Gasteiger partial charge in [-0.15, -0.1) is 0 Å². The van der Waals surface area contributed by atoms with Gasteiger partial charge in [0, 0.05) is 13.1 Å². The van der Waals surface area contributed by atoms with Crippen molar-refractivity contribution in [2.24, 2.45) is 0 Å². The van der Waals surface area contributed by atoms with Crippen molar-refractivity contribution in [3.8, 4) is 5.75 Å². The molecule has 0 aromatic heterocycles. The zero-order valence-electron chi connectivity index (χ0n) is 24.1. The molecule has 0 spiro atoms. The molecule has 40 heavy (non-hydrogen) atoms. The Morgan fingerprint density at radius 1 is 0.925 bits per heavy atom. The van der Waals surface area contributed by atoms with Crippen molar-refractivity contribution in [3.05, 3.63) is 89.0 Å². The molecule has 0 heterocycles. The Hall–Kier alpha value is -3.85. The minimum Gasteiger partial charge on any atom is -0.497 e. The van der Waals surface area contributed by atoms with Crippen molar-refractivity contribution in [3.63, 3.8) is 0 Å². The summed E-state index contributed by atoms with van der Waals surface area (Å²) in [6.07, 6.45) is 0.357. The number of rotatable bonds is 12. The van der Waals surface area contributed by atoms with Gasteiger partial charge in [-0.2, -0.15) is 0 Å². The first-order chi connectivity index (χ1) is 19.0. The highest BCUT2D eigenvalue weighted by atomic mass is 32.2. The number of ether oxygens (including phenoxy) is 1. The van der Waals surface area contributed by atoms with Crippen LogP contribution in [0, 0.1) is 20.8 Å². The standard InChI is InChI=1S/C31H39N3O5S/c1-7-28(31(36)32-8-2)33(20-25-10-9-11-26(19-25)39-6)30(35)21-34(29-17-14-23(4)18-24(29)5)40(37,38)27-15-12-22(3)13-16-27/h9-19,28H,7-8,20-21H2,1-6H3,(H,32,36)/t28-/m0/s1. The Morgan fingerprint density at radius 3 is 2.20 bits per heavy atom. The first-order valence-electron chi connectivity index (χ1n) is 13.4. The molecule has 8 nitrogen and oxygen atoms in total. The average Bonchev–Trinajstić information content (AvgIpc) is 2.92. The summed E-state index contributed by atoms with van der Waals surface area (Å²) in [4.78, 5) is 28.7. The second-order valence-electron chi connectivity index (χ2n) is 9.81. The SMILES string of the molecule is CCNC(=O)[C@H](CC)N(Cc1cccc(OC)c1)C(=O)CN(c1ccc(C)cc1C)S(=O)(=O)c1ccc(C)cc1. The van der Waals surface area contributed by atoms with E-state index < -0.39 is 28.5 Å². The second kappa shape index (κ2) is 13.5. The summed E-state index contributed by atoms with van der Waals surface area (Å²) in [7, 11) is -2.56. The van der Waals surface area contributed by atoms with Gasteiger partial charge in [-0.05, 0) is 75.6 Å². The fraction of sp³-hybridized carbons (Fsp3) is 0.355. The van der Waals surface area contributed by atoms with E-state index in [-0.39, 0.29) is 17.3 Å². The van der Waals surface area contributed by atoms with Crippen molar-refractivity contribution >= 4 is 27.5 Å². The third-order valence-corrected chi connectivity index (χ3v) is 8.51. The van der Waals surface area contributed by atoms with Crippen LogP contribution in [0.25, 0.3) is 0 Å². The van der Waals surface area contributed by atoms with E-state index in [0.29, 0.717) is 24.4 Å². The van der Waals surface area contributed by atoms with E-state index in [9.17, 15) is 18.0 Å². The lowest BCUT2D eigenvalue weighted by Gasteiger charge is -2.33. The van der Waals surface area contributed by atoms with Crippen LogP contribution in [-0.4, -0.2) is 51.4 Å². The summed E-state index contributed by atoms with van der Waals surface area (Å²) in [6, 6.07) is 18.4. The van der Waals surface area contributed by atoms with E-state index in [2.05, 4.69) is 5.32 Å². The second-order valence-corrected chi connectivity index (χ2v) is 11.7. The number of methoxy groups -OCH3 is 1. The van der Waals surface area contributed by atoms with E-state index in [1.54, 1.807) is 49.6 Å². The van der Waals surface area contributed by atoms with Crippen molar-refractivity contribution in [2.75, 3.05) is 24.5 Å². The smallest absolute Gasteiger partial charge is 0.264 e. The Balaban J connectivity index is 2.10. The summed E-state index contributed by atoms with van der Waals surface area (Å²) in [5, 5.41) is 2.81. The molecule has 0 unspecified atom stereocenters. The van der Waals surface area contributed by atoms with Crippen molar-refractivity contribution in [2.45, 2.75) is 58.5 Å². The highest BCUT2D eigenvalue weighted by Crippen LogP contribution is 2.29. The minimum absolute atomic E-state index is 0.0842. The highest BCUT2D eigenvalue weighted by molar-refractivity contribution is 7.92. The molecule has 0 saturated carbocycles. The zero-order valence-corrected chi connectivity index (χ0v) is 24.9. The van der Waals surface area contributed by atoms with Crippen LogP contribution < -0.4 is 14.4 Å². The number of sulfonamides is 1. The van der Waals surface area contributed by atoms with Crippen LogP contribution in [0.3, 0.4) is 0 Å². The van der Waals surface area contributed by atoms with Crippen LogP contribution in [0.2, 0.25) is 0 Å². The van der Waals surface area contributed by atoms with Crippen LogP contribution in [0.15, 0.2) is 71.6 Å². The molecule has 0 aliphatic rings. The summed E-state index contributed by atoms with van der Waals surface area (Å²) < 4.78 is 34.5. The van der Waals surface area contributed by atoms with E-state index in [1.165, 1.54) is 4.90 Å². The Labute approximate surface area is 238 Å². The largest absolute Gasteiger partial charge is 0.497 e. The fourth-order valence-corrected chi connectivity index (χ4v) is 6.09. The molecule has 214 valence electrons. The number of nitrogens with one attached hydrogen (secondary N) is 1. The van der Waals surface area contributed by atoms with Crippen molar-refractivity contribution < 1.29 is 22.7 Å². The molecule has 0 aliphatic carbocycles. The molecular weight excluding hydrogens is 526 g/mol. The van der Waals surface area contributed by atoms with Gasteiger partial charge in [0.05, 0.1) is 17.7 Å². The lowest BCUT2D eigenvalue weighted by molar-refractivity contribution is -0.140. The molecule has 1 N–H and O–H groups in total. The Morgan fingerprint density at radius 2 is 1.60 bits per heavy atom. The quantitative estimate of drug-likeness (QED) is 0.342. The maximum Gasteiger partial charge on any atom is 0.264 e. The number of benzene rings is 3. The molecule has 0 aliphatic heterocycles. The van der Waals surface area contributed by atoms with Gasteiger partial charge in [-0.1, -0.05) is 54.4 Å². The summed E-state index contributed by atoms with van der Waals surface area (Å²) in [5.41, 5.74) is 3.79. The number of carbonyl (C=O) groups is 2. The molecule has 9 heteroatoms. The normalized spacial score (nSPS) is 11.9. The van der Waals surface area contributed by atoms with Gasteiger partial charge in [0.1, 0.15) is 18.3 Å². The Kier molecular flexibility index (Phi) is 10.3. The number of aryl methyl sites for hydroxylation is 3. The van der Waals surface area contributed by atoms with Gasteiger partial charge in [-0.3, -0.25) is 13.9 Å². The van der Waals surface area contributed by atoms with E-state index in [1.807, 2.05) is 58.9 Å². The number of likely N-dealkylation sites (N-methyl/N-ethyl adjacent to an activating group) is 1. The molecule has 3 aromatic rings. The molecule has 3 aromatic carbocycles.